The van der Waals surface area contributed by atoms with E-state index in [1.54, 1.807) is 4.90 Å². The van der Waals surface area contributed by atoms with Gasteiger partial charge >= 0.3 is 0 Å². The number of carbonyl (C=O) groups is 2. The Labute approximate surface area is 258 Å². The second-order valence-electron chi connectivity index (χ2n) is 14.6. The summed E-state index contributed by atoms with van der Waals surface area (Å²) in [6.45, 7) is 9.41. The molecule has 6 rings (SSSR count). The van der Waals surface area contributed by atoms with E-state index in [1.165, 1.54) is 48.4 Å². The Bertz CT molecular complexity index is 1410. The van der Waals surface area contributed by atoms with Crippen molar-refractivity contribution >= 4 is 27.5 Å². The summed E-state index contributed by atoms with van der Waals surface area (Å²) in [4.78, 5) is 29.1. The van der Waals surface area contributed by atoms with Crippen molar-refractivity contribution in [2.24, 2.45) is 17.8 Å². The third-order valence-electron chi connectivity index (χ3n) is 9.97. The second-order valence-corrected chi connectivity index (χ2v) is 16.5. The highest BCUT2D eigenvalue weighted by molar-refractivity contribution is 7.92. The van der Waals surface area contributed by atoms with Crippen LogP contribution in [0.2, 0.25) is 0 Å². The summed E-state index contributed by atoms with van der Waals surface area (Å²) in [5, 5.41) is 3.02. The molecule has 0 heterocycles. The number of carbonyl (C=O) groups excluding carboxylic acids is 2. The average Bonchev–Trinajstić information content (AvgIpc) is 2.90. The maximum absolute atomic E-state index is 14.1. The molecular formula is C35H49N3O4S. The molecule has 7 nitrogen and oxygen atoms in total. The zero-order valence-corrected chi connectivity index (χ0v) is 27.5. The highest BCUT2D eigenvalue weighted by Gasteiger charge is 2.51. The van der Waals surface area contributed by atoms with Gasteiger partial charge in [-0.25, -0.2) is 8.42 Å². The van der Waals surface area contributed by atoms with Gasteiger partial charge in [0.15, 0.2) is 0 Å². The van der Waals surface area contributed by atoms with Gasteiger partial charge in [-0.15, -0.1) is 0 Å². The molecule has 0 radical (unpaired) electrons. The largest absolute Gasteiger partial charge is 0.350 e. The standard InChI is InChI=1S/C35H49N3O4S/c1-7-31(33(40)36-34(3,4)5)37(22-28-11-9-8-10-24(28)2)32(39)23-38(43(6,41)42)30-14-12-29(13-15-30)35-19-25-16-26(20-35)18-27(17-25)21-35/h8-15,25-27,31H,7,16-23H2,1-6H3,(H,36,40)/t25?,26?,27?,31-,35?/m1/s1. The van der Waals surface area contributed by atoms with E-state index in [4.69, 9.17) is 0 Å². The number of benzene rings is 2. The minimum atomic E-state index is -3.78. The molecule has 1 N–H and O–H groups in total. The molecule has 0 aromatic heterocycles. The van der Waals surface area contributed by atoms with Crippen LogP contribution in [0, 0.1) is 24.7 Å². The van der Waals surface area contributed by atoms with Crippen LogP contribution in [-0.2, 0) is 31.6 Å². The van der Waals surface area contributed by atoms with E-state index in [2.05, 4.69) is 17.4 Å². The Kier molecular flexibility index (Phi) is 8.73. The smallest absolute Gasteiger partial charge is 0.244 e. The fourth-order valence-corrected chi connectivity index (χ4v) is 9.25. The van der Waals surface area contributed by atoms with Gasteiger partial charge in [-0.2, -0.15) is 0 Å². The van der Waals surface area contributed by atoms with E-state index in [1.807, 2.05) is 71.0 Å². The van der Waals surface area contributed by atoms with Crippen LogP contribution >= 0.6 is 0 Å². The van der Waals surface area contributed by atoms with E-state index < -0.39 is 27.5 Å². The molecule has 4 aliphatic carbocycles. The number of amides is 2. The molecule has 0 spiro atoms. The van der Waals surface area contributed by atoms with Gasteiger partial charge < -0.3 is 10.2 Å². The van der Waals surface area contributed by atoms with Crippen molar-refractivity contribution in [2.45, 2.75) is 103 Å². The number of nitrogens with one attached hydrogen (secondary N) is 1. The third-order valence-corrected chi connectivity index (χ3v) is 11.1. The molecule has 234 valence electrons. The van der Waals surface area contributed by atoms with Crippen LogP contribution in [-0.4, -0.2) is 49.5 Å². The minimum absolute atomic E-state index is 0.206. The van der Waals surface area contributed by atoms with Gasteiger partial charge in [-0.3, -0.25) is 13.9 Å². The lowest BCUT2D eigenvalue weighted by molar-refractivity contribution is -0.141. The van der Waals surface area contributed by atoms with E-state index in [9.17, 15) is 18.0 Å². The summed E-state index contributed by atoms with van der Waals surface area (Å²) in [5.74, 6) is 1.80. The summed E-state index contributed by atoms with van der Waals surface area (Å²) in [5.41, 5.74) is 3.45. The van der Waals surface area contributed by atoms with Gasteiger partial charge in [0, 0.05) is 12.1 Å². The van der Waals surface area contributed by atoms with Crippen LogP contribution in [0.1, 0.15) is 89.3 Å². The molecule has 0 aliphatic heterocycles. The van der Waals surface area contributed by atoms with Crippen LogP contribution in [0.15, 0.2) is 48.5 Å². The molecule has 2 aromatic rings. The van der Waals surface area contributed by atoms with Gasteiger partial charge in [0.05, 0.1) is 11.9 Å². The van der Waals surface area contributed by atoms with E-state index in [0.29, 0.717) is 12.1 Å². The summed E-state index contributed by atoms with van der Waals surface area (Å²) < 4.78 is 27.5. The predicted molar refractivity (Wildman–Crippen MR) is 172 cm³/mol. The van der Waals surface area contributed by atoms with Crippen molar-refractivity contribution < 1.29 is 18.0 Å². The molecule has 2 aromatic carbocycles. The highest BCUT2D eigenvalue weighted by atomic mass is 32.2. The number of nitrogens with zero attached hydrogens (tertiary/aromatic N) is 2. The molecule has 2 amide bonds. The quantitative estimate of drug-likeness (QED) is 0.362. The molecule has 4 fully saturated rings. The molecule has 0 unspecified atom stereocenters. The van der Waals surface area contributed by atoms with Crippen molar-refractivity contribution in [1.29, 1.82) is 0 Å². The van der Waals surface area contributed by atoms with Crippen LogP contribution in [0.25, 0.3) is 0 Å². The first-order chi connectivity index (χ1) is 20.2. The van der Waals surface area contributed by atoms with E-state index in [-0.39, 0.29) is 24.4 Å². The molecule has 8 heteroatoms. The van der Waals surface area contributed by atoms with Crippen molar-refractivity contribution in [3.63, 3.8) is 0 Å². The Morgan fingerprint density at radius 2 is 1.51 bits per heavy atom. The number of rotatable bonds is 10. The van der Waals surface area contributed by atoms with E-state index >= 15 is 0 Å². The normalized spacial score (nSPS) is 25.3. The van der Waals surface area contributed by atoms with Crippen LogP contribution in [0.4, 0.5) is 5.69 Å². The fourth-order valence-electron chi connectivity index (χ4n) is 8.40. The zero-order chi connectivity index (χ0) is 31.2. The zero-order valence-electron chi connectivity index (χ0n) is 26.7. The lowest BCUT2D eigenvalue weighted by atomic mass is 9.48. The number of anilines is 1. The molecule has 43 heavy (non-hydrogen) atoms. The average molecular weight is 608 g/mol. The summed E-state index contributed by atoms with van der Waals surface area (Å²) >= 11 is 0. The van der Waals surface area contributed by atoms with E-state index in [0.717, 1.165) is 35.1 Å². The van der Waals surface area contributed by atoms with Crippen molar-refractivity contribution in [2.75, 3.05) is 17.1 Å². The number of hydrogen-bond donors (Lipinski definition) is 1. The molecule has 4 bridgehead atoms. The first-order valence-electron chi connectivity index (χ1n) is 15.9. The number of aryl methyl sites for hydroxylation is 1. The SMILES string of the molecule is CC[C@H](C(=O)NC(C)(C)C)N(Cc1ccccc1C)C(=O)CN(c1ccc(C23CC4CC(CC(C4)C2)C3)cc1)S(C)(=O)=O. The molecular weight excluding hydrogens is 558 g/mol. The Morgan fingerprint density at radius 3 is 2.00 bits per heavy atom. The highest BCUT2D eigenvalue weighted by Crippen LogP contribution is 2.60. The topological polar surface area (TPSA) is 86.8 Å². The Hall–Kier alpha value is -2.87. The van der Waals surface area contributed by atoms with Gasteiger partial charge in [-0.1, -0.05) is 43.3 Å². The lowest BCUT2D eigenvalue weighted by Gasteiger charge is -2.57. The third kappa shape index (κ3) is 6.95. The number of hydrogen-bond acceptors (Lipinski definition) is 4. The fraction of sp³-hybridized carbons (Fsp3) is 0.600. The number of sulfonamides is 1. The van der Waals surface area contributed by atoms with Crippen molar-refractivity contribution in [3.8, 4) is 0 Å². The maximum atomic E-state index is 14.1. The van der Waals surface area contributed by atoms with Crippen molar-refractivity contribution in [1.82, 2.24) is 10.2 Å². The van der Waals surface area contributed by atoms with Gasteiger partial charge in [0.1, 0.15) is 12.6 Å². The van der Waals surface area contributed by atoms with Gasteiger partial charge in [0.25, 0.3) is 0 Å². The molecule has 4 aliphatic rings. The van der Waals surface area contributed by atoms with Gasteiger partial charge in [-0.05, 0) is 125 Å². The van der Waals surface area contributed by atoms with Crippen LogP contribution in [0.3, 0.4) is 0 Å². The minimum Gasteiger partial charge on any atom is -0.350 e. The second kappa shape index (κ2) is 11.9. The molecule has 4 saturated carbocycles. The summed E-state index contributed by atoms with van der Waals surface area (Å²) in [6.07, 6.45) is 9.34. The van der Waals surface area contributed by atoms with Crippen LogP contribution < -0.4 is 9.62 Å². The summed E-state index contributed by atoms with van der Waals surface area (Å²) in [7, 11) is -3.78. The predicted octanol–water partition coefficient (Wildman–Crippen LogP) is 5.95. The molecule has 1 atom stereocenters. The molecule has 0 saturated heterocycles. The first kappa shape index (κ1) is 31.6. The lowest BCUT2D eigenvalue weighted by Crippen LogP contribution is -2.55. The summed E-state index contributed by atoms with van der Waals surface area (Å²) in [6, 6.07) is 15.0. The Morgan fingerprint density at radius 1 is 0.953 bits per heavy atom. The Balaban J connectivity index is 1.42. The maximum Gasteiger partial charge on any atom is 0.244 e. The first-order valence-corrected chi connectivity index (χ1v) is 17.8. The van der Waals surface area contributed by atoms with Crippen molar-refractivity contribution in [3.05, 3.63) is 65.2 Å². The monoisotopic (exact) mass is 607 g/mol. The van der Waals surface area contributed by atoms with Gasteiger partial charge in [0.2, 0.25) is 21.8 Å². The van der Waals surface area contributed by atoms with Crippen LogP contribution in [0.5, 0.6) is 0 Å².